The highest BCUT2D eigenvalue weighted by Gasteiger charge is 2.34. The summed E-state index contributed by atoms with van der Waals surface area (Å²) in [7, 11) is 0. The van der Waals surface area contributed by atoms with Crippen LogP contribution in [0.2, 0.25) is 0 Å². The monoisotopic (exact) mass is 594 g/mol. The molecule has 0 bridgehead atoms. The van der Waals surface area contributed by atoms with Crippen molar-refractivity contribution in [1.82, 2.24) is 0 Å². The van der Waals surface area contributed by atoms with Crippen LogP contribution in [-0.4, -0.2) is 0 Å². The summed E-state index contributed by atoms with van der Waals surface area (Å²) >= 11 is 0.240. The number of allylic oxidation sites excluding steroid dienone is 7. The second-order valence-corrected chi connectivity index (χ2v) is 12.0. The van der Waals surface area contributed by atoms with Crippen LogP contribution in [0.15, 0.2) is 138 Å². The molecule has 43 heavy (non-hydrogen) atoms. The van der Waals surface area contributed by atoms with E-state index >= 15 is 0 Å². The van der Waals surface area contributed by atoms with Gasteiger partial charge in [0, 0.05) is 4.91 Å². The molecular formula is C41H51FS. The van der Waals surface area contributed by atoms with E-state index in [9.17, 15) is 3.89 Å². The number of rotatable bonds is 11. The van der Waals surface area contributed by atoms with Crippen LogP contribution in [0, 0.1) is 18.8 Å². The molecule has 0 spiro atoms. The molecular weight excluding hydrogens is 544 g/mol. The molecule has 0 heterocycles. The van der Waals surface area contributed by atoms with E-state index in [1.54, 1.807) is 6.08 Å². The molecule has 3 aromatic rings. The zero-order valence-corrected chi connectivity index (χ0v) is 28.0. The molecule has 0 nitrogen and oxygen atoms in total. The molecule has 3 aromatic carbocycles. The van der Waals surface area contributed by atoms with Gasteiger partial charge in [-0.05, 0) is 98.1 Å². The van der Waals surface area contributed by atoms with Gasteiger partial charge in [0.25, 0.3) is 0 Å². The third-order valence-corrected chi connectivity index (χ3v) is 8.53. The standard InChI is InChI=1S/C19H23FS.C16H22.C6H6/c1-6-14(3)12-17(13-16(5)19(7-2)21-20)18-11-9-8-10-15(18)4;1-4-14-6-5-7-15(11-14)9-8-12(2)16-10-13(16)3;1-2-4-6-5-3-1/h7-13H,2,6H2,1,3-5H3;5-7,11,13,16H,2,4,8-10H2,1,3H3;1-6H/b14-12-,17-13+,19-16-;;. The molecule has 4 rings (SSSR count). The molecule has 1 fully saturated rings. The summed E-state index contributed by atoms with van der Waals surface area (Å²) in [6.45, 7) is 20.7. The van der Waals surface area contributed by atoms with Crippen molar-refractivity contribution in [2.45, 2.75) is 73.6 Å². The quantitative estimate of drug-likeness (QED) is 0.157. The van der Waals surface area contributed by atoms with Crippen molar-refractivity contribution in [2.24, 2.45) is 11.8 Å². The summed E-state index contributed by atoms with van der Waals surface area (Å²) in [5.74, 6) is 1.73. The van der Waals surface area contributed by atoms with Gasteiger partial charge in [-0.3, -0.25) is 0 Å². The fourth-order valence-corrected chi connectivity index (χ4v) is 5.03. The number of hydrogen-bond donors (Lipinski definition) is 0. The Bertz CT molecular complexity index is 1350. The molecule has 0 aromatic heterocycles. The van der Waals surface area contributed by atoms with Gasteiger partial charge in [-0.2, -0.15) is 3.89 Å². The van der Waals surface area contributed by atoms with E-state index in [1.165, 1.54) is 46.2 Å². The lowest BCUT2D eigenvalue weighted by atomic mass is 9.96. The lowest BCUT2D eigenvalue weighted by molar-refractivity contribution is 0.789. The zero-order valence-electron chi connectivity index (χ0n) is 27.2. The predicted octanol–water partition coefficient (Wildman–Crippen LogP) is 12.9. The van der Waals surface area contributed by atoms with Gasteiger partial charge >= 0.3 is 0 Å². The average Bonchev–Trinajstić information content (AvgIpc) is 3.78. The van der Waals surface area contributed by atoms with Crippen LogP contribution >= 0.6 is 12.1 Å². The smallest absolute Gasteiger partial charge is 0.0814 e. The Morgan fingerprint density at radius 1 is 0.907 bits per heavy atom. The molecule has 1 aliphatic carbocycles. The topological polar surface area (TPSA) is 0 Å². The molecule has 2 unspecified atom stereocenters. The van der Waals surface area contributed by atoms with E-state index in [1.807, 2.05) is 61.5 Å². The van der Waals surface area contributed by atoms with E-state index in [-0.39, 0.29) is 12.1 Å². The molecule has 1 aliphatic rings. The summed E-state index contributed by atoms with van der Waals surface area (Å²) < 4.78 is 12.9. The Kier molecular flexibility index (Phi) is 16.5. The molecule has 0 amide bonds. The molecule has 0 N–H and O–H groups in total. The summed E-state index contributed by atoms with van der Waals surface area (Å²) in [6.07, 6.45) is 11.6. The summed E-state index contributed by atoms with van der Waals surface area (Å²) in [6, 6.07) is 29.2. The molecule has 0 radical (unpaired) electrons. The first-order valence-electron chi connectivity index (χ1n) is 15.6. The third-order valence-electron chi connectivity index (χ3n) is 7.88. The van der Waals surface area contributed by atoms with Gasteiger partial charge < -0.3 is 0 Å². The number of aryl methyl sites for hydroxylation is 3. The lowest BCUT2D eigenvalue weighted by Gasteiger charge is -2.10. The van der Waals surface area contributed by atoms with Gasteiger partial charge in [-0.25, -0.2) is 0 Å². The van der Waals surface area contributed by atoms with Gasteiger partial charge in [-0.1, -0.05) is 148 Å². The van der Waals surface area contributed by atoms with Crippen molar-refractivity contribution < 1.29 is 3.89 Å². The van der Waals surface area contributed by atoms with Crippen molar-refractivity contribution in [3.8, 4) is 0 Å². The highest BCUT2D eigenvalue weighted by molar-refractivity contribution is 7.98. The minimum Gasteiger partial charge on any atom is -0.160 e. The molecule has 228 valence electrons. The van der Waals surface area contributed by atoms with Crippen molar-refractivity contribution in [2.75, 3.05) is 0 Å². The number of hydrogen-bond acceptors (Lipinski definition) is 1. The first kappa shape index (κ1) is 35.8. The Morgan fingerprint density at radius 3 is 2.02 bits per heavy atom. The first-order valence-corrected chi connectivity index (χ1v) is 16.3. The zero-order chi connectivity index (χ0) is 31.6. The second-order valence-electron chi connectivity index (χ2n) is 11.4. The van der Waals surface area contributed by atoms with Crippen LogP contribution in [0.25, 0.3) is 5.57 Å². The lowest BCUT2D eigenvalue weighted by Crippen LogP contribution is -1.92. The molecule has 0 saturated heterocycles. The average molecular weight is 595 g/mol. The van der Waals surface area contributed by atoms with Crippen LogP contribution in [0.3, 0.4) is 0 Å². The van der Waals surface area contributed by atoms with E-state index in [4.69, 9.17) is 0 Å². The SMILES string of the molecule is C=C(CCc1cccc(CC)c1)C1CC1C.C=C/C(SF)=C(C)/C=C(\C=C(\C)CC)c1ccccc1C.c1ccccc1. The number of halogens is 1. The highest BCUT2D eigenvalue weighted by Crippen LogP contribution is 2.44. The van der Waals surface area contributed by atoms with Crippen LogP contribution in [0.1, 0.15) is 76.1 Å². The van der Waals surface area contributed by atoms with Crippen molar-refractivity contribution in [3.63, 3.8) is 0 Å². The van der Waals surface area contributed by atoms with Gasteiger partial charge in [0.05, 0.1) is 12.1 Å². The van der Waals surface area contributed by atoms with E-state index in [0.717, 1.165) is 42.2 Å². The predicted molar refractivity (Wildman–Crippen MR) is 192 cm³/mol. The fourth-order valence-electron chi connectivity index (χ4n) is 4.79. The molecule has 2 heteroatoms. The van der Waals surface area contributed by atoms with Crippen molar-refractivity contribution >= 4 is 17.7 Å². The summed E-state index contributed by atoms with van der Waals surface area (Å²) in [5, 5.41) is 0. The minimum atomic E-state index is 0.240. The molecule has 0 aliphatic heterocycles. The van der Waals surface area contributed by atoms with Crippen LogP contribution in [0.4, 0.5) is 3.89 Å². The Morgan fingerprint density at radius 2 is 1.51 bits per heavy atom. The van der Waals surface area contributed by atoms with Gasteiger partial charge in [-0.15, -0.1) is 0 Å². The number of benzene rings is 3. The summed E-state index contributed by atoms with van der Waals surface area (Å²) in [4.78, 5) is 0.559. The van der Waals surface area contributed by atoms with Crippen molar-refractivity contribution in [1.29, 1.82) is 0 Å². The Labute approximate surface area is 266 Å². The van der Waals surface area contributed by atoms with Crippen LogP contribution in [-0.2, 0) is 12.8 Å². The molecule has 1 saturated carbocycles. The second kappa shape index (κ2) is 19.8. The molecule has 2 atom stereocenters. The van der Waals surface area contributed by atoms with Crippen molar-refractivity contribution in [3.05, 3.63) is 160 Å². The fraction of sp³-hybridized carbons (Fsp3) is 0.317. The summed E-state index contributed by atoms with van der Waals surface area (Å²) in [5.41, 5.74) is 10.1. The normalized spacial score (nSPS) is 16.5. The Balaban J connectivity index is 0.000000256. The van der Waals surface area contributed by atoms with E-state index in [0.29, 0.717) is 4.91 Å². The first-order chi connectivity index (χ1) is 20.7. The Hall–Kier alpha value is -3.36. The van der Waals surface area contributed by atoms with Gasteiger partial charge in [0.15, 0.2) is 0 Å². The third kappa shape index (κ3) is 13.2. The maximum absolute atomic E-state index is 12.9. The van der Waals surface area contributed by atoms with E-state index in [2.05, 4.69) is 90.3 Å². The highest BCUT2D eigenvalue weighted by atomic mass is 32.2. The van der Waals surface area contributed by atoms with Crippen LogP contribution < -0.4 is 0 Å². The maximum Gasteiger partial charge on any atom is 0.0814 e. The van der Waals surface area contributed by atoms with E-state index < -0.39 is 0 Å². The largest absolute Gasteiger partial charge is 0.160 e. The minimum absolute atomic E-state index is 0.240. The van der Waals surface area contributed by atoms with Gasteiger partial charge in [0.2, 0.25) is 0 Å². The van der Waals surface area contributed by atoms with Crippen LogP contribution in [0.5, 0.6) is 0 Å². The maximum atomic E-state index is 12.9. The van der Waals surface area contributed by atoms with Gasteiger partial charge in [0.1, 0.15) is 0 Å².